The Bertz CT molecular complexity index is 269. The Morgan fingerprint density at radius 1 is 1.47 bits per heavy atom. The lowest BCUT2D eigenvalue weighted by molar-refractivity contribution is 0.624. The third-order valence-electron chi connectivity index (χ3n) is 3.18. The molecule has 0 fully saturated rings. The molecule has 1 atom stereocenters. The van der Waals surface area contributed by atoms with Gasteiger partial charge in [0.1, 0.15) is 0 Å². The Hall–Kier alpha value is -0.990. The smallest absolute Gasteiger partial charge is 0.191 e. The van der Waals surface area contributed by atoms with Crippen LogP contribution < -0.4 is 10.6 Å². The molecule has 2 N–H and O–H groups in total. The monoisotopic (exact) mass is 237 g/mol. The van der Waals surface area contributed by atoms with Crippen LogP contribution in [0.5, 0.6) is 0 Å². The van der Waals surface area contributed by atoms with Gasteiger partial charge in [0.15, 0.2) is 5.96 Å². The van der Waals surface area contributed by atoms with Gasteiger partial charge in [-0.2, -0.15) is 0 Å². The molecule has 0 radical (unpaired) electrons. The number of nitrogens with one attached hydrogen (secondary N) is 2. The second-order valence-electron chi connectivity index (χ2n) is 4.72. The maximum atomic E-state index is 4.62. The lowest BCUT2D eigenvalue weighted by Gasteiger charge is -2.16. The Balaban J connectivity index is 2.34. The summed E-state index contributed by atoms with van der Waals surface area (Å²) >= 11 is 0. The third-order valence-corrected chi connectivity index (χ3v) is 3.18. The van der Waals surface area contributed by atoms with Gasteiger partial charge >= 0.3 is 0 Å². The predicted molar refractivity (Wildman–Crippen MR) is 75.4 cm³/mol. The van der Waals surface area contributed by atoms with Crippen LogP contribution in [0.4, 0.5) is 0 Å². The molecular formula is C14H27N3. The van der Waals surface area contributed by atoms with Gasteiger partial charge < -0.3 is 10.6 Å². The number of hydrogen-bond acceptors (Lipinski definition) is 1. The molecule has 0 saturated heterocycles. The molecule has 1 aliphatic carbocycles. The Morgan fingerprint density at radius 3 is 2.88 bits per heavy atom. The zero-order chi connectivity index (χ0) is 12.5. The first-order chi connectivity index (χ1) is 8.26. The second-order valence-corrected chi connectivity index (χ2v) is 4.72. The number of aliphatic imine (C=N–C) groups is 1. The number of hydrogen-bond donors (Lipinski definition) is 2. The minimum atomic E-state index is 0.485. The van der Waals surface area contributed by atoms with Crippen LogP contribution in [0.25, 0.3) is 0 Å². The fourth-order valence-corrected chi connectivity index (χ4v) is 1.93. The van der Waals surface area contributed by atoms with Crippen molar-refractivity contribution in [3.8, 4) is 0 Å². The quantitative estimate of drug-likeness (QED) is 0.423. The molecule has 1 unspecified atom stereocenters. The molecule has 3 nitrogen and oxygen atoms in total. The van der Waals surface area contributed by atoms with Crippen LogP contribution in [-0.2, 0) is 0 Å². The van der Waals surface area contributed by atoms with E-state index >= 15 is 0 Å². The van der Waals surface area contributed by atoms with Crippen molar-refractivity contribution in [2.75, 3.05) is 13.1 Å². The molecule has 1 aliphatic rings. The topological polar surface area (TPSA) is 36.4 Å². The average Bonchev–Trinajstić information content (AvgIpc) is 2.82. The molecule has 17 heavy (non-hydrogen) atoms. The van der Waals surface area contributed by atoms with Crippen molar-refractivity contribution in [3.05, 3.63) is 11.6 Å². The summed E-state index contributed by atoms with van der Waals surface area (Å²) < 4.78 is 0. The summed E-state index contributed by atoms with van der Waals surface area (Å²) in [7, 11) is 0. The van der Waals surface area contributed by atoms with Crippen molar-refractivity contribution in [2.45, 2.75) is 58.9 Å². The van der Waals surface area contributed by atoms with Crippen molar-refractivity contribution in [3.63, 3.8) is 0 Å². The van der Waals surface area contributed by atoms with Crippen LogP contribution in [-0.4, -0.2) is 25.1 Å². The second kappa shape index (κ2) is 8.15. The first kappa shape index (κ1) is 14.1. The van der Waals surface area contributed by atoms with E-state index in [2.05, 4.69) is 42.5 Å². The van der Waals surface area contributed by atoms with Gasteiger partial charge in [-0.05, 0) is 46.0 Å². The predicted octanol–water partition coefficient (Wildman–Crippen LogP) is 2.84. The van der Waals surface area contributed by atoms with Gasteiger partial charge in [0.25, 0.3) is 0 Å². The van der Waals surface area contributed by atoms with Crippen molar-refractivity contribution in [1.29, 1.82) is 0 Å². The van der Waals surface area contributed by atoms with Crippen molar-refractivity contribution in [2.24, 2.45) is 4.99 Å². The summed E-state index contributed by atoms with van der Waals surface area (Å²) in [5.41, 5.74) is 1.59. The Labute approximate surface area is 106 Å². The fraction of sp³-hybridized carbons (Fsp3) is 0.786. The van der Waals surface area contributed by atoms with E-state index < -0.39 is 0 Å². The largest absolute Gasteiger partial charge is 0.357 e. The van der Waals surface area contributed by atoms with E-state index in [0.29, 0.717) is 6.04 Å². The van der Waals surface area contributed by atoms with Gasteiger partial charge in [-0.15, -0.1) is 0 Å². The van der Waals surface area contributed by atoms with E-state index in [-0.39, 0.29) is 0 Å². The molecule has 98 valence electrons. The molecule has 0 aromatic heterocycles. The van der Waals surface area contributed by atoms with Crippen LogP contribution in [0.3, 0.4) is 0 Å². The van der Waals surface area contributed by atoms with E-state index in [1.807, 2.05) is 0 Å². The standard InChI is InChI=1S/C14H27N3/c1-4-12(3)17-14(15-5-2)16-11-10-13-8-6-7-9-13/h8,12H,4-7,9-11H2,1-3H3,(H2,15,16,17). The molecule has 0 spiro atoms. The maximum absolute atomic E-state index is 4.62. The highest BCUT2D eigenvalue weighted by Crippen LogP contribution is 2.20. The van der Waals surface area contributed by atoms with Crippen molar-refractivity contribution in [1.82, 2.24) is 10.6 Å². The van der Waals surface area contributed by atoms with Gasteiger partial charge in [0, 0.05) is 19.1 Å². The molecule has 0 aromatic rings. The molecule has 0 aromatic carbocycles. The minimum absolute atomic E-state index is 0.485. The maximum Gasteiger partial charge on any atom is 0.191 e. The van der Waals surface area contributed by atoms with Crippen LogP contribution in [0, 0.1) is 0 Å². The first-order valence-corrected chi connectivity index (χ1v) is 6.99. The van der Waals surface area contributed by atoms with Gasteiger partial charge in [0.05, 0.1) is 0 Å². The summed E-state index contributed by atoms with van der Waals surface area (Å²) in [6, 6.07) is 0.485. The molecule has 0 heterocycles. The zero-order valence-electron chi connectivity index (χ0n) is 11.6. The summed E-state index contributed by atoms with van der Waals surface area (Å²) in [5, 5.41) is 6.71. The van der Waals surface area contributed by atoms with Crippen molar-refractivity contribution >= 4 is 5.96 Å². The molecule has 0 bridgehead atoms. The van der Waals surface area contributed by atoms with Gasteiger partial charge in [-0.1, -0.05) is 18.6 Å². The van der Waals surface area contributed by atoms with Gasteiger partial charge in [0.2, 0.25) is 0 Å². The van der Waals surface area contributed by atoms with Crippen LogP contribution in [0.2, 0.25) is 0 Å². The molecule has 0 saturated carbocycles. The number of nitrogens with zero attached hydrogens (tertiary/aromatic N) is 1. The van der Waals surface area contributed by atoms with E-state index in [4.69, 9.17) is 0 Å². The van der Waals surface area contributed by atoms with Crippen LogP contribution >= 0.6 is 0 Å². The Kier molecular flexibility index (Phi) is 6.75. The van der Waals surface area contributed by atoms with E-state index in [9.17, 15) is 0 Å². The summed E-state index contributed by atoms with van der Waals surface area (Å²) in [5.74, 6) is 0.959. The van der Waals surface area contributed by atoms with E-state index in [1.165, 1.54) is 19.3 Å². The van der Waals surface area contributed by atoms with Crippen LogP contribution in [0.15, 0.2) is 16.6 Å². The van der Waals surface area contributed by atoms with Crippen molar-refractivity contribution < 1.29 is 0 Å². The molecule has 3 heteroatoms. The zero-order valence-corrected chi connectivity index (χ0v) is 11.6. The first-order valence-electron chi connectivity index (χ1n) is 6.99. The summed E-state index contributed by atoms with van der Waals surface area (Å²) in [6.07, 6.45) is 8.51. The molecule has 0 amide bonds. The highest BCUT2D eigenvalue weighted by molar-refractivity contribution is 5.80. The summed E-state index contributed by atoms with van der Waals surface area (Å²) in [4.78, 5) is 4.62. The number of guanidine groups is 1. The lowest BCUT2D eigenvalue weighted by atomic mass is 10.2. The molecular weight excluding hydrogens is 210 g/mol. The SMILES string of the molecule is CCNC(=NCCC1=CCCC1)NC(C)CC. The number of allylic oxidation sites excluding steroid dienone is 1. The lowest BCUT2D eigenvalue weighted by Crippen LogP contribution is -2.42. The molecule has 0 aliphatic heterocycles. The molecule has 1 rings (SSSR count). The normalized spacial score (nSPS) is 17.8. The van der Waals surface area contributed by atoms with Gasteiger partial charge in [-0.3, -0.25) is 4.99 Å². The average molecular weight is 237 g/mol. The highest BCUT2D eigenvalue weighted by Gasteiger charge is 2.05. The summed E-state index contributed by atoms with van der Waals surface area (Å²) in [6.45, 7) is 8.30. The van der Waals surface area contributed by atoms with Gasteiger partial charge in [-0.25, -0.2) is 0 Å². The number of rotatable bonds is 6. The third kappa shape index (κ3) is 5.76. The van der Waals surface area contributed by atoms with E-state index in [1.54, 1.807) is 5.57 Å². The highest BCUT2D eigenvalue weighted by atomic mass is 15.2. The van der Waals surface area contributed by atoms with E-state index in [0.717, 1.165) is 31.9 Å². The van der Waals surface area contributed by atoms with Crippen LogP contribution in [0.1, 0.15) is 52.9 Å². The minimum Gasteiger partial charge on any atom is -0.357 e. The fourth-order valence-electron chi connectivity index (χ4n) is 1.93. The Morgan fingerprint density at radius 2 is 2.29 bits per heavy atom.